The monoisotopic (exact) mass is 311 g/mol. The van der Waals surface area contributed by atoms with Gasteiger partial charge >= 0.3 is 12.1 Å². The number of carbonyl (C=O) groups excluding carboxylic acids is 1. The molecule has 22 heavy (non-hydrogen) atoms. The fourth-order valence-corrected chi connectivity index (χ4v) is 1.72. The SMILES string of the molecule is COc1ccc(O)c(CC(NC(=O)OC(C)(C)C)C(=O)O)c1. The molecule has 1 unspecified atom stereocenters. The van der Waals surface area contributed by atoms with E-state index in [0.29, 0.717) is 11.3 Å². The van der Waals surface area contributed by atoms with Crippen LogP contribution in [0.25, 0.3) is 0 Å². The highest BCUT2D eigenvalue weighted by atomic mass is 16.6. The van der Waals surface area contributed by atoms with Gasteiger partial charge in [0.2, 0.25) is 0 Å². The Labute approximate surface area is 128 Å². The van der Waals surface area contributed by atoms with Crippen LogP contribution in [0.5, 0.6) is 11.5 Å². The van der Waals surface area contributed by atoms with Gasteiger partial charge in [-0.3, -0.25) is 0 Å². The lowest BCUT2D eigenvalue weighted by molar-refractivity contribution is -0.139. The van der Waals surface area contributed by atoms with Crippen LogP contribution in [-0.2, 0) is 16.0 Å². The molecule has 1 amide bonds. The zero-order valence-corrected chi connectivity index (χ0v) is 13.0. The minimum Gasteiger partial charge on any atom is -0.508 e. The number of phenols is 1. The molecule has 0 saturated heterocycles. The zero-order valence-electron chi connectivity index (χ0n) is 13.0. The van der Waals surface area contributed by atoms with Gasteiger partial charge in [-0.25, -0.2) is 9.59 Å². The summed E-state index contributed by atoms with van der Waals surface area (Å²) in [5.41, 5.74) is -0.381. The first-order valence-electron chi connectivity index (χ1n) is 6.70. The summed E-state index contributed by atoms with van der Waals surface area (Å²) in [5, 5.41) is 21.3. The minimum absolute atomic E-state index is 0.0713. The third-order valence-electron chi connectivity index (χ3n) is 2.70. The fourth-order valence-electron chi connectivity index (χ4n) is 1.72. The van der Waals surface area contributed by atoms with Crippen molar-refractivity contribution >= 4 is 12.1 Å². The van der Waals surface area contributed by atoms with Crippen molar-refractivity contribution in [2.24, 2.45) is 0 Å². The number of hydrogen-bond acceptors (Lipinski definition) is 5. The number of methoxy groups -OCH3 is 1. The van der Waals surface area contributed by atoms with Crippen LogP contribution in [0.2, 0.25) is 0 Å². The smallest absolute Gasteiger partial charge is 0.408 e. The van der Waals surface area contributed by atoms with Crippen molar-refractivity contribution in [3.05, 3.63) is 23.8 Å². The molecule has 7 heteroatoms. The Morgan fingerprint density at radius 3 is 2.45 bits per heavy atom. The molecule has 3 N–H and O–H groups in total. The Kier molecular flexibility index (Phi) is 5.62. The number of aliphatic carboxylic acids is 1. The summed E-state index contributed by atoms with van der Waals surface area (Å²) in [7, 11) is 1.46. The molecule has 0 bridgehead atoms. The summed E-state index contributed by atoms with van der Waals surface area (Å²) >= 11 is 0. The highest BCUT2D eigenvalue weighted by molar-refractivity contribution is 5.80. The van der Waals surface area contributed by atoms with E-state index in [9.17, 15) is 19.8 Å². The predicted octanol–water partition coefficient (Wildman–Crippen LogP) is 1.92. The van der Waals surface area contributed by atoms with Crippen molar-refractivity contribution < 1.29 is 29.3 Å². The number of amides is 1. The molecule has 7 nitrogen and oxygen atoms in total. The van der Waals surface area contributed by atoms with Gasteiger partial charge in [-0.1, -0.05) is 0 Å². The second kappa shape index (κ2) is 7.02. The van der Waals surface area contributed by atoms with Crippen LogP contribution in [0, 0.1) is 0 Å². The van der Waals surface area contributed by atoms with Crippen molar-refractivity contribution in [2.45, 2.75) is 38.8 Å². The maximum Gasteiger partial charge on any atom is 0.408 e. The lowest BCUT2D eigenvalue weighted by atomic mass is 10.0. The third-order valence-corrected chi connectivity index (χ3v) is 2.70. The van der Waals surface area contributed by atoms with Crippen LogP contribution in [0.1, 0.15) is 26.3 Å². The van der Waals surface area contributed by atoms with E-state index in [2.05, 4.69) is 5.32 Å². The van der Waals surface area contributed by atoms with Crippen LogP contribution >= 0.6 is 0 Å². The number of benzene rings is 1. The molecule has 1 aromatic carbocycles. The van der Waals surface area contributed by atoms with Gasteiger partial charge in [0.05, 0.1) is 7.11 Å². The van der Waals surface area contributed by atoms with Crippen LogP contribution in [-0.4, -0.2) is 41.0 Å². The molecular weight excluding hydrogens is 290 g/mol. The van der Waals surface area contributed by atoms with Crippen LogP contribution in [0.3, 0.4) is 0 Å². The number of alkyl carbamates (subject to hydrolysis) is 1. The van der Waals surface area contributed by atoms with Crippen LogP contribution in [0.15, 0.2) is 18.2 Å². The van der Waals surface area contributed by atoms with Gasteiger partial charge in [-0.15, -0.1) is 0 Å². The van der Waals surface area contributed by atoms with Gasteiger partial charge in [0, 0.05) is 12.0 Å². The normalized spacial score (nSPS) is 12.4. The van der Waals surface area contributed by atoms with Crippen molar-refractivity contribution in [2.75, 3.05) is 7.11 Å². The van der Waals surface area contributed by atoms with E-state index in [1.54, 1.807) is 26.8 Å². The molecule has 0 spiro atoms. The standard InChI is InChI=1S/C15H21NO6/c1-15(2,3)22-14(20)16-11(13(18)19)8-9-7-10(21-4)5-6-12(9)17/h5-7,11,17H,8H2,1-4H3,(H,16,20)(H,18,19). The number of hydrogen-bond donors (Lipinski definition) is 3. The third kappa shape index (κ3) is 5.51. The van der Waals surface area contributed by atoms with Crippen molar-refractivity contribution in [1.29, 1.82) is 0 Å². The van der Waals surface area contributed by atoms with Gasteiger partial charge < -0.3 is 25.0 Å². The predicted molar refractivity (Wildman–Crippen MR) is 79.2 cm³/mol. The summed E-state index contributed by atoms with van der Waals surface area (Å²) in [6, 6.07) is 3.24. The van der Waals surface area contributed by atoms with Gasteiger partial charge in [0.25, 0.3) is 0 Å². The van der Waals surface area contributed by atoms with Crippen molar-refractivity contribution in [1.82, 2.24) is 5.32 Å². The molecule has 0 saturated carbocycles. The van der Waals surface area contributed by atoms with Crippen molar-refractivity contribution in [3.63, 3.8) is 0 Å². The van der Waals surface area contributed by atoms with E-state index >= 15 is 0 Å². The molecule has 0 radical (unpaired) electrons. The number of carboxylic acid groups (broad SMARTS) is 1. The Morgan fingerprint density at radius 2 is 1.95 bits per heavy atom. The second-order valence-electron chi connectivity index (χ2n) is 5.74. The summed E-state index contributed by atoms with van der Waals surface area (Å²) < 4.78 is 10.1. The molecule has 122 valence electrons. The molecule has 1 aromatic rings. The number of phenolic OH excluding ortho intramolecular Hbond substituents is 1. The molecule has 0 aliphatic rings. The van der Waals surface area contributed by atoms with Gasteiger partial charge in [-0.05, 0) is 39.0 Å². The summed E-state index contributed by atoms with van der Waals surface area (Å²) in [5.74, 6) is -0.819. The maximum atomic E-state index is 11.7. The summed E-state index contributed by atoms with van der Waals surface area (Å²) in [4.78, 5) is 23.0. The van der Waals surface area contributed by atoms with E-state index in [1.807, 2.05) is 0 Å². The number of carboxylic acids is 1. The van der Waals surface area contributed by atoms with Crippen LogP contribution < -0.4 is 10.1 Å². The van der Waals surface area contributed by atoms with Gasteiger partial charge in [0.1, 0.15) is 23.1 Å². The average Bonchev–Trinajstić information content (AvgIpc) is 2.38. The Morgan fingerprint density at radius 1 is 1.32 bits per heavy atom. The first kappa shape index (κ1) is 17.6. The second-order valence-corrected chi connectivity index (χ2v) is 5.74. The minimum atomic E-state index is -1.23. The summed E-state index contributed by atoms with van der Waals surface area (Å²) in [6.45, 7) is 5.03. The maximum absolute atomic E-state index is 11.7. The van der Waals surface area contributed by atoms with Crippen molar-refractivity contribution in [3.8, 4) is 11.5 Å². The number of rotatable bonds is 5. The molecule has 0 aliphatic heterocycles. The average molecular weight is 311 g/mol. The number of ether oxygens (including phenoxy) is 2. The lowest BCUT2D eigenvalue weighted by Crippen LogP contribution is -2.44. The van der Waals surface area contributed by atoms with E-state index in [1.165, 1.54) is 19.2 Å². The van der Waals surface area contributed by atoms with Gasteiger partial charge in [0.15, 0.2) is 0 Å². The molecule has 0 aliphatic carbocycles. The Hall–Kier alpha value is -2.44. The van der Waals surface area contributed by atoms with Crippen LogP contribution in [0.4, 0.5) is 4.79 Å². The Balaban J connectivity index is 2.85. The number of aromatic hydroxyl groups is 1. The highest BCUT2D eigenvalue weighted by Gasteiger charge is 2.25. The molecule has 1 rings (SSSR count). The first-order valence-corrected chi connectivity index (χ1v) is 6.70. The van der Waals surface area contributed by atoms with E-state index in [-0.39, 0.29) is 12.2 Å². The molecular formula is C15H21NO6. The number of nitrogens with one attached hydrogen (secondary N) is 1. The topological polar surface area (TPSA) is 105 Å². The first-order chi connectivity index (χ1) is 10.1. The lowest BCUT2D eigenvalue weighted by Gasteiger charge is -2.22. The fraction of sp³-hybridized carbons (Fsp3) is 0.467. The van der Waals surface area contributed by atoms with E-state index < -0.39 is 23.7 Å². The van der Waals surface area contributed by atoms with E-state index in [0.717, 1.165) is 0 Å². The zero-order chi connectivity index (χ0) is 16.9. The Bertz CT molecular complexity index is 549. The van der Waals surface area contributed by atoms with Gasteiger partial charge in [-0.2, -0.15) is 0 Å². The molecule has 1 atom stereocenters. The molecule has 0 heterocycles. The largest absolute Gasteiger partial charge is 0.508 e. The quantitative estimate of drug-likeness (QED) is 0.767. The number of carbonyl (C=O) groups is 2. The molecule has 0 fully saturated rings. The molecule has 0 aromatic heterocycles. The highest BCUT2D eigenvalue weighted by Crippen LogP contribution is 2.24. The van der Waals surface area contributed by atoms with E-state index in [4.69, 9.17) is 9.47 Å². The summed E-state index contributed by atoms with van der Waals surface area (Å²) in [6.07, 6.45) is -0.931.